The molecule has 0 spiro atoms. The zero-order chi connectivity index (χ0) is 20.6. The van der Waals surface area contributed by atoms with Gasteiger partial charge in [0, 0.05) is 31.1 Å². The largest absolute Gasteiger partial charge is 0.493 e. The van der Waals surface area contributed by atoms with Gasteiger partial charge in [-0.2, -0.15) is 8.78 Å². The Hall–Kier alpha value is -1.94. The molecule has 1 saturated heterocycles. The number of methoxy groups -OCH3 is 2. The van der Waals surface area contributed by atoms with E-state index in [9.17, 15) is 8.78 Å². The maximum atomic E-state index is 12.7. The molecular formula is C20H26F2N2O4S. The maximum Gasteiger partial charge on any atom is 0.387 e. The van der Waals surface area contributed by atoms with Crippen molar-refractivity contribution in [3.63, 3.8) is 0 Å². The average molecular weight is 429 g/mol. The first-order valence-electron chi connectivity index (χ1n) is 9.38. The summed E-state index contributed by atoms with van der Waals surface area (Å²) in [4.78, 5) is 3.72. The number of nitrogens with one attached hydrogen (secondary N) is 1. The van der Waals surface area contributed by atoms with Crippen LogP contribution in [0.25, 0.3) is 0 Å². The van der Waals surface area contributed by atoms with Gasteiger partial charge < -0.3 is 24.3 Å². The number of nitrogens with zero attached hydrogens (tertiary/aromatic N) is 1. The molecule has 1 fully saturated rings. The number of benzene rings is 1. The van der Waals surface area contributed by atoms with Crippen molar-refractivity contribution in [3.8, 4) is 17.2 Å². The average Bonchev–Trinajstić information content (AvgIpc) is 3.26. The lowest BCUT2D eigenvalue weighted by Crippen LogP contribution is -2.42. The second-order valence-electron chi connectivity index (χ2n) is 6.52. The summed E-state index contributed by atoms with van der Waals surface area (Å²) in [5.41, 5.74) is 0.854. The minimum atomic E-state index is -2.96. The monoisotopic (exact) mass is 428 g/mol. The number of rotatable bonds is 10. The van der Waals surface area contributed by atoms with Crippen molar-refractivity contribution in [2.24, 2.45) is 0 Å². The fraction of sp³-hybridized carbons (Fsp3) is 0.500. The summed E-state index contributed by atoms with van der Waals surface area (Å²) in [7, 11) is 2.82. The highest BCUT2D eigenvalue weighted by atomic mass is 32.1. The van der Waals surface area contributed by atoms with Crippen molar-refractivity contribution in [2.75, 3.05) is 47.1 Å². The van der Waals surface area contributed by atoms with Crippen molar-refractivity contribution in [2.45, 2.75) is 19.2 Å². The topological polar surface area (TPSA) is 52.2 Å². The first-order chi connectivity index (χ1) is 14.1. The fourth-order valence-corrected chi connectivity index (χ4v) is 4.24. The molecule has 1 aromatic carbocycles. The number of hydrogen-bond donors (Lipinski definition) is 1. The highest BCUT2D eigenvalue weighted by molar-refractivity contribution is 7.10. The van der Waals surface area contributed by atoms with Crippen LogP contribution in [0.15, 0.2) is 29.6 Å². The smallest absolute Gasteiger partial charge is 0.387 e. The maximum absolute atomic E-state index is 12.7. The highest BCUT2D eigenvalue weighted by Gasteiger charge is 2.23. The molecule has 1 aliphatic rings. The Morgan fingerprint density at radius 3 is 2.41 bits per heavy atom. The Balaban J connectivity index is 1.69. The van der Waals surface area contributed by atoms with E-state index in [1.54, 1.807) is 23.5 Å². The zero-order valence-electron chi connectivity index (χ0n) is 16.5. The van der Waals surface area contributed by atoms with Gasteiger partial charge in [0.05, 0.1) is 33.5 Å². The third-order valence-electron chi connectivity index (χ3n) is 4.75. The lowest BCUT2D eigenvalue weighted by Gasteiger charge is -2.34. The molecule has 0 unspecified atom stereocenters. The summed E-state index contributed by atoms with van der Waals surface area (Å²) < 4.78 is 45.9. The van der Waals surface area contributed by atoms with Gasteiger partial charge in [0.2, 0.25) is 5.75 Å². The number of thiophene rings is 1. The van der Waals surface area contributed by atoms with Crippen LogP contribution in [0.3, 0.4) is 0 Å². The first kappa shape index (κ1) is 21.8. The van der Waals surface area contributed by atoms with Gasteiger partial charge in [-0.3, -0.25) is 4.90 Å². The van der Waals surface area contributed by atoms with Gasteiger partial charge in [-0.15, -0.1) is 11.3 Å². The van der Waals surface area contributed by atoms with Gasteiger partial charge in [0.25, 0.3) is 0 Å². The molecule has 6 nitrogen and oxygen atoms in total. The summed E-state index contributed by atoms with van der Waals surface area (Å²) in [6, 6.07) is 7.83. The van der Waals surface area contributed by atoms with E-state index in [0.29, 0.717) is 6.54 Å². The SMILES string of the molecule is COc1cc(CNC[C@H](c2cccs2)N2CCOCC2)cc(OC)c1OC(F)F. The van der Waals surface area contributed by atoms with Gasteiger partial charge in [0.15, 0.2) is 11.5 Å². The van der Waals surface area contributed by atoms with E-state index in [4.69, 9.17) is 14.2 Å². The van der Waals surface area contributed by atoms with E-state index in [-0.39, 0.29) is 23.3 Å². The van der Waals surface area contributed by atoms with E-state index in [1.807, 2.05) is 0 Å². The number of ether oxygens (including phenoxy) is 4. The third kappa shape index (κ3) is 5.79. The number of morpholine rings is 1. The zero-order valence-corrected chi connectivity index (χ0v) is 17.3. The molecule has 0 bridgehead atoms. The Morgan fingerprint density at radius 1 is 1.17 bits per heavy atom. The highest BCUT2D eigenvalue weighted by Crippen LogP contribution is 2.39. The normalized spacial score (nSPS) is 16.0. The summed E-state index contributed by atoms with van der Waals surface area (Å²) in [6.07, 6.45) is 0. The molecule has 0 saturated carbocycles. The molecule has 0 aliphatic carbocycles. The second kappa shape index (κ2) is 10.7. The van der Waals surface area contributed by atoms with Crippen LogP contribution >= 0.6 is 11.3 Å². The predicted molar refractivity (Wildman–Crippen MR) is 107 cm³/mol. The molecule has 0 amide bonds. The van der Waals surface area contributed by atoms with Gasteiger partial charge in [-0.1, -0.05) is 6.07 Å². The van der Waals surface area contributed by atoms with Crippen molar-refractivity contribution < 1.29 is 27.7 Å². The summed E-state index contributed by atoms with van der Waals surface area (Å²) >= 11 is 1.74. The van der Waals surface area contributed by atoms with Gasteiger partial charge in [-0.05, 0) is 29.1 Å². The minimum absolute atomic E-state index is 0.0986. The van der Waals surface area contributed by atoms with Crippen molar-refractivity contribution in [1.82, 2.24) is 10.2 Å². The minimum Gasteiger partial charge on any atom is -0.493 e. The molecule has 1 aromatic heterocycles. The fourth-order valence-electron chi connectivity index (χ4n) is 3.37. The van der Waals surface area contributed by atoms with Crippen LogP contribution in [0.4, 0.5) is 8.78 Å². The van der Waals surface area contributed by atoms with Gasteiger partial charge >= 0.3 is 6.61 Å². The number of alkyl halides is 2. The summed E-state index contributed by atoms with van der Waals surface area (Å²) in [5, 5.41) is 5.56. The first-order valence-corrected chi connectivity index (χ1v) is 10.3. The molecule has 1 aliphatic heterocycles. The van der Waals surface area contributed by atoms with Crippen LogP contribution in [0.5, 0.6) is 17.2 Å². The van der Waals surface area contributed by atoms with Crippen molar-refractivity contribution in [3.05, 3.63) is 40.1 Å². The molecule has 3 rings (SSSR count). The third-order valence-corrected chi connectivity index (χ3v) is 5.73. The molecule has 160 valence electrons. The van der Waals surface area contributed by atoms with Crippen LogP contribution < -0.4 is 19.5 Å². The molecule has 29 heavy (non-hydrogen) atoms. The van der Waals surface area contributed by atoms with Gasteiger partial charge in [-0.25, -0.2) is 0 Å². The van der Waals surface area contributed by atoms with Crippen molar-refractivity contribution >= 4 is 11.3 Å². The van der Waals surface area contributed by atoms with E-state index >= 15 is 0 Å². The Bertz CT molecular complexity index is 730. The lowest BCUT2D eigenvalue weighted by molar-refractivity contribution is -0.0526. The molecule has 0 radical (unpaired) electrons. The lowest BCUT2D eigenvalue weighted by atomic mass is 10.1. The summed E-state index contributed by atoms with van der Waals surface area (Å²) in [6.45, 7) is 1.59. The van der Waals surface area contributed by atoms with E-state index in [2.05, 4.69) is 32.5 Å². The molecule has 2 aromatic rings. The summed E-state index contributed by atoms with van der Waals surface area (Å²) in [5.74, 6) is 0.326. The molecule has 1 atom stereocenters. The second-order valence-corrected chi connectivity index (χ2v) is 7.50. The molecular weight excluding hydrogens is 402 g/mol. The standard InChI is InChI=1S/C20H26F2N2O4S/c1-25-16-10-14(11-17(26-2)19(16)28-20(21)22)12-23-13-15(18-4-3-9-29-18)24-5-7-27-8-6-24/h3-4,9-11,15,20,23H,5-8,12-13H2,1-2H3/t15-/m1/s1. The molecule has 1 N–H and O–H groups in total. The van der Waals surface area contributed by atoms with Crippen molar-refractivity contribution in [1.29, 1.82) is 0 Å². The predicted octanol–water partition coefficient (Wildman–Crippen LogP) is 3.53. The van der Waals surface area contributed by atoms with E-state index in [1.165, 1.54) is 19.1 Å². The van der Waals surface area contributed by atoms with E-state index < -0.39 is 6.61 Å². The Kier molecular flexibility index (Phi) is 8.05. The molecule has 2 heterocycles. The Morgan fingerprint density at radius 2 is 1.86 bits per heavy atom. The van der Waals surface area contributed by atoms with E-state index in [0.717, 1.165) is 38.4 Å². The van der Waals surface area contributed by atoms with Crippen LogP contribution in [0, 0.1) is 0 Å². The number of halogens is 2. The van der Waals surface area contributed by atoms with Crippen LogP contribution in [-0.4, -0.2) is 58.6 Å². The molecule has 9 heteroatoms. The van der Waals surface area contributed by atoms with Crippen LogP contribution in [0.1, 0.15) is 16.5 Å². The number of hydrogen-bond acceptors (Lipinski definition) is 7. The van der Waals surface area contributed by atoms with Gasteiger partial charge in [0.1, 0.15) is 0 Å². The van der Waals surface area contributed by atoms with Crippen LogP contribution in [-0.2, 0) is 11.3 Å². The Labute approximate surface area is 173 Å². The quantitative estimate of drug-likeness (QED) is 0.625. The van der Waals surface area contributed by atoms with Crippen LogP contribution in [0.2, 0.25) is 0 Å².